The minimum atomic E-state index is -1.59. The number of halogens is 3. The second-order valence-electron chi connectivity index (χ2n) is 2.12. The first kappa shape index (κ1) is 12.4. The summed E-state index contributed by atoms with van der Waals surface area (Å²) in [5, 5.41) is 8.30. The lowest BCUT2D eigenvalue weighted by Crippen LogP contribution is -2.02. The van der Waals surface area contributed by atoms with Gasteiger partial charge in [0.25, 0.3) is 5.95 Å². The summed E-state index contributed by atoms with van der Waals surface area (Å²) in [6.07, 6.45) is 0. The minimum Gasteiger partial charge on any atom is -0.200 e. The zero-order valence-electron chi connectivity index (χ0n) is 8.03. The SMILES string of the molecule is CC.Cc1c(F)nc(F)c(F)c1C#N. The Labute approximate surface area is 80.0 Å². The van der Waals surface area contributed by atoms with Gasteiger partial charge in [-0.05, 0) is 6.92 Å². The summed E-state index contributed by atoms with van der Waals surface area (Å²) in [4.78, 5) is 2.62. The van der Waals surface area contributed by atoms with Crippen LogP contribution in [0, 0.1) is 36.0 Å². The van der Waals surface area contributed by atoms with Gasteiger partial charge in [0.15, 0.2) is 5.82 Å². The molecular formula is C9H9F3N2. The van der Waals surface area contributed by atoms with Gasteiger partial charge in [-0.1, -0.05) is 13.8 Å². The Bertz CT molecular complexity index is 343. The van der Waals surface area contributed by atoms with Crippen molar-refractivity contribution in [3.63, 3.8) is 0 Å². The molecule has 0 radical (unpaired) electrons. The van der Waals surface area contributed by atoms with Crippen LogP contribution in [0.2, 0.25) is 0 Å². The second kappa shape index (κ2) is 5.22. The Morgan fingerprint density at radius 3 is 2.07 bits per heavy atom. The summed E-state index contributed by atoms with van der Waals surface area (Å²) < 4.78 is 37.5. The Kier molecular flexibility index (Phi) is 4.64. The highest BCUT2D eigenvalue weighted by Gasteiger charge is 2.16. The smallest absolute Gasteiger partial charge is 0.200 e. The highest BCUT2D eigenvalue weighted by atomic mass is 19.2. The van der Waals surface area contributed by atoms with Crippen LogP contribution in [0.1, 0.15) is 25.0 Å². The van der Waals surface area contributed by atoms with E-state index >= 15 is 0 Å². The lowest BCUT2D eigenvalue weighted by Gasteiger charge is -1.99. The summed E-state index contributed by atoms with van der Waals surface area (Å²) in [5.74, 6) is -4.16. The number of pyridine rings is 1. The van der Waals surface area contributed by atoms with Crippen molar-refractivity contribution in [2.75, 3.05) is 0 Å². The number of nitrogens with zero attached hydrogens (tertiary/aromatic N) is 2. The molecule has 0 aliphatic carbocycles. The highest BCUT2D eigenvalue weighted by Crippen LogP contribution is 2.15. The molecule has 2 nitrogen and oxygen atoms in total. The van der Waals surface area contributed by atoms with Gasteiger partial charge in [0.2, 0.25) is 5.95 Å². The van der Waals surface area contributed by atoms with Gasteiger partial charge in [-0.15, -0.1) is 0 Å². The largest absolute Gasteiger partial charge is 0.252 e. The van der Waals surface area contributed by atoms with Crippen LogP contribution in [0.5, 0.6) is 0 Å². The average molecular weight is 202 g/mol. The standard InChI is InChI=1S/C7H3F3N2.C2H6/c1-3-4(2-11)5(8)7(10)12-6(3)9;1-2/h1H3;1-2H3. The molecule has 0 bridgehead atoms. The van der Waals surface area contributed by atoms with Crippen molar-refractivity contribution in [2.45, 2.75) is 20.8 Å². The summed E-state index contributed by atoms with van der Waals surface area (Å²) >= 11 is 0. The van der Waals surface area contributed by atoms with Crippen molar-refractivity contribution in [2.24, 2.45) is 0 Å². The van der Waals surface area contributed by atoms with Gasteiger partial charge >= 0.3 is 0 Å². The Hall–Kier alpha value is -1.57. The minimum absolute atomic E-state index is 0.281. The fourth-order valence-electron chi connectivity index (χ4n) is 0.723. The number of nitriles is 1. The van der Waals surface area contributed by atoms with Crippen LogP contribution in [-0.2, 0) is 0 Å². The number of hydrogen-bond donors (Lipinski definition) is 0. The van der Waals surface area contributed by atoms with Crippen molar-refractivity contribution >= 4 is 0 Å². The second-order valence-corrected chi connectivity index (χ2v) is 2.12. The summed E-state index contributed by atoms with van der Waals surface area (Å²) in [5.41, 5.74) is -0.920. The predicted molar refractivity (Wildman–Crippen MR) is 44.9 cm³/mol. The molecule has 1 rings (SSSR count). The molecule has 14 heavy (non-hydrogen) atoms. The third-order valence-electron chi connectivity index (χ3n) is 1.39. The monoisotopic (exact) mass is 202 g/mol. The van der Waals surface area contributed by atoms with Gasteiger partial charge in [-0.25, -0.2) is 4.39 Å². The van der Waals surface area contributed by atoms with E-state index in [4.69, 9.17) is 5.26 Å². The van der Waals surface area contributed by atoms with E-state index in [1.54, 1.807) is 0 Å². The molecule has 0 N–H and O–H groups in total. The van der Waals surface area contributed by atoms with Crippen molar-refractivity contribution in [1.82, 2.24) is 4.98 Å². The Morgan fingerprint density at radius 1 is 1.14 bits per heavy atom. The molecular weight excluding hydrogens is 193 g/mol. The molecule has 76 valence electrons. The molecule has 1 aromatic rings. The van der Waals surface area contributed by atoms with Crippen molar-refractivity contribution in [1.29, 1.82) is 5.26 Å². The lowest BCUT2D eigenvalue weighted by molar-refractivity contribution is 0.441. The van der Waals surface area contributed by atoms with Crippen LogP contribution in [0.4, 0.5) is 13.2 Å². The van der Waals surface area contributed by atoms with Gasteiger partial charge < -0.3 is 0 Å². The average Bonchev–Trinajstić information content (AvgIpc) is 2.19. The van der Waals surface area contributed by atoms with Gasteiger partial charge in [0.05, 0.1) is 5.56 Å². The van der Waals surface area contributed by atoms with E-state index in [9.17, 15) is 13.2 Å². The highest BCUT2D eigenvalue weighted by molar-refractivity contribution is 5.36. The zero-order valence-corrected chi connectivity index (χ0v) is 8.03. The first-order valence-electron chi connectivity index (χ1n) is 3.99. The van der Waals surface area contributed by atoms with E-state index in [2.05, 4.69) is 4.98 Å². The maximum absolute atomic E-state index is 12.6. The van der Waals surface area contributed by atoms with Crippen LogP contribution < -0.4 is 0 Å². The molecule has 0 amide bonds. The topological polar surface area (TPSA) is 36.7 Å². The van der Waals surface area contributed by atoms with E-state index in [-0.39, 0.29) is 5.56 Å². The van der Waals surface area contributed by atoms with Gasteiger partial charge in [-0.2, -0.15) is 19.0 Å². The van der Waals surface area contributed by atoms with Crippen molar-refractivity contribution in [3.8, 4) is 6.07 Å². The molecule has 0 aliphatic rings. The zero-order chi connectivity index (χ0) is 11.3. The van der Waals surface area contributed by atoms with Crippen LogP contribution in [-0.4, -0.2) is 4.98 Å². The van der Waals surface area contributed by atoms with E-state index in [1.165, 1.54) is 6.07 Å². The third kappa shape index (κ3) is 2.22. The summed E-state index contributed by atoms with van der Waals surface area (Å²) in [6.45, 7) is 5.16. The molecule has 1 heterocycles. The maximum atomic E-state index is 12.6. The molecule has 1 aromatic heterocycles. The van der Waals surface area contributed by atoms with E-state index in [0.717, 1.165) is 6.92 Å². The lowest BCUT2D eigenvalue weighted by atomic mass is 10.1. The first-order chi connectivity index (χ1) is 6.57. The van der Waals surface area contributed by atoms with Crippen LogP contribution in [0.25, 0.3) is 0 Å². The third-order valence-corrected chi connectivity index (χ3v) is 1.39. The molecule has 0 aliphatic heterocycles. The molecule has 0 saturated carbocycles. The quantitative estimate of drug-likeness (QED) is 0.606. The number of aromatic nitrogens is 1. The van der Waals surface area contributed by atoms with E-state index in [1.807, 2.05) is 13.8 Å². The Morgan fingerprint density at radius 2 is 1.64 bits per heavy atom. The van der Waals surface area contributed by atoms with Crippen LogP contribution in [0.3, 0.4) is 0 Å². The molecule has 0 atom stereocenters. The van der Waals surface area contributed by atoms with Crippen molar-refractivity contribution in [3.05, 3.63) is 28.8 Å². The van der Waals surface area contributed by atoms with Gasteiger partial charge in [0.1, 0.15) is 6.07 Å². The Balaban J connectivity index is 0.000000791. The molecule has 5 heteroatoms. The summed E-state index contributed by atoms with van der Waals surface area (Å²) in [7, 11) is 0. The van der Waals surface area contributed by atoms with Crippen LogP contribution >= 0.6 is 0 Å². The molecule has 0 aromatic carbocycles. The molecule has 0 saturated heterocycles. The fourth-order valence-corrected chi connectivity index (χ4v) is 0.723. The molecule has 0 unspecified atom stereocenters. The summed E-state index contributed by atoms with van der Waals surface area (Å²) in [6, 6.07) is 1.35. The van der Waals surface area contributed by atoms with Gasteiger partial charge in [-0.3, -0.25) is 0 Å². The van der Waals surface area contributed by atoms with Crippen molar-refractivity contribution < 1.29 is 13.2 Å². The number of rotatable bonds is 0. The predicted octanol–water partition coefficient (Wildman–Crippen LogP) is 2.71. The first-order valence-corrected chi connectivity index (χ1v) is 3.99. The fraction of sp³-hybridized carbons (Fsp3) is 0.333. The van der Waals surface area contributed by atoms with Gasteiger partial charge in [0, 0.05) is 5.56 Å². The van der Waals surface area contributed by atoms with E-state index in [0.29, 0.717) is 0 Å². The molecule has 0 spiro atoms. The normalized spacial score (nSPS) is 8.64. The maximum Gasteiger partial charge on any atom is 0.252 e. The van der Waals surface area contributed by atoms with Crippen LogP contribution in [0.15, 0.2) is 0 Å². The van der Waals surface area contributed by atoms with E-state index < -0.39 is 23.3 Å². The number of hydrogen-bond acceptors (Lipinski definition) is 2. The molecule has 0 fully saturated rings.